The van der Waals surface area contributed by atoms with E-state index < -0.39 is 0 Å². The van der Waals surface area contributed by atoms with Gasteiger partial charge >= 0.3 is 0 Å². The van der Waals surface area contributed by atoms with E-state index >= 15 is 0 Å². The zero-order valence-corrected chi connectivity index (χ0v) is 8.72. The summed E-state index contributed by atoms with van der Waals surface area (Å²) in [6.07, 6.45) is 1.97. The van der Waals surface area contributed by atoms with Gasteiger partial charge in [-0.15, -0.1) is 0 Å². The highest BCUT2D eigenvalue weighted by Gasteiger charge is 1.97. The van der Waals surface area contributed by atoms with Crippen molar-refractivity contribution in [3.63, 3.8) is 0 Å². The molecule has 0 unspecified atom stereocenters. The molecule has 0 saturated heterocycles. The van der Waals surface area contributed by atoms with Gasteiger partial charge in [0.05, 0.1) is 18.8 Å². The van der Waals surface area contributed by atoms with E-state index in [1.165, 1.54) is 5.56 Å². The molecule has 0 amide bonds. The van der Waals surface area contributed by atoms with Gasteiger partial charge in [-0.05, 0) is 24.1 Å². The number of rotatable bonds is 3. The van der Waals surface area contributed by atoms with Gasteiger partial charge in [0, 0.05) is 6.20 Å². The molecular formula is C12H14N2O. The summed E-state index contributed by atoms with van der Waals surface area (Å²) in [7, 11) is 0. The van der Waals surface area contributed by atoms with E-state index in [4.69, 9.17) is 5.11 Å². The summed E-state index contributed by atoms with van der Waals surface area (Å²) in [4.78, 5) is 0. The van der Waals surface area contributed by atoms with Crippen LogP contribution in [-0.2, 0) is 13.2 Å². The maximum Gasteiger partial charge on any atom is 0.0681 e. The van der Waals surface area contributed by atoms with E-state index in [-0.39, 0.29) is 6.61 Å². The summed E-state index contributed by atoms with van der Waals surface area (Å²) in [5, 5.41) is 13.2. The van der Waals surface area contributed by atoms with Crippen LogP contribution in [0.25, 0.3) is 0 Å². The molecule has 0 atom stereocenters. The van der Waals surface area contributed by atoms with Crippen LogP contribution in [0, 0.1) is 6.92 Å². The summed E-state index contributed by atoms with van der Waals surface area (Å²) in [5.74, 6) is 0. The largest absolute Gasteiger partial charge is 0.392 e. The fourth-order valence-electron chi connectivity index (χ4n) is 1.49. The molecule has 1 aromatic heterocycles. The third kappa shape index (κ3) is 2.44. The second-order valence-electron chi connectivity index (χ2n) is 3.63. The van der Waals surface area contributed by atoms with Crippen molar-refractivity contribution in [3.8, 4) is 0 Å². The van der Waals surface area contributed by atoms with Crippen LogP contribution in [0.15, 0.2) is 36.5 Å². The Morgan fingerprint density at radius 3 is 2.33 bits per heavy atom. The number of hydrogen-bond acceptors (Lipinski definition) is 2. The van der Waals surface area contributed by atoms with Crippen molar-refractivity contribution < 1.29 is 5.11 Å². The van der Waals surface area contributed by atoms with Gasteiger partial charge < -0.3 is 5.11 Å². The Kier molecular flexibility index (Phi) is 2.83. The minimum absolute atomic E-state index is 0.0984. The van der Waals surface area contributed by atoms with Crippen molar-refractivity contribution >= 4 is 0 Å². The van der Waals surface area contributed by atoms with Crippen LogP contribution in [0.5, 0.6) is 0 Å². The normalized spacial score (nSPS) is 10.5. The summed E-state index contributed by atoms with van der Waals surface area (Å²) in [6.45, 7) is 2.85. The first-order valence-corrected chi connectivity index (χ1v) is 4.96. The fourth-order valence-corrected chi connectivity index (χ4v) is 1.49. The van der Waals surface area contributed by atoms with Crippen molar-refractivity contribution in [3.05, 3.63) is 53.3 Å². The van der Waals surface area contributed by atoms with Gasteiger partial charge in [0.1, 0.15) is 0 Å². The molecule has 3 heteroatoms. The molecular weight excluding hydrogens is 188 g/mol. The summed E-state index contributed by atoms with van der Waals surface area (Å²) in [5.41, 5.74) is 3.16. The summed E-state index contributed by atoms with van der Waals surface area (Å²) < 4.78 is 1.91. The average Bonchev–Trinajstić information content (AvgIpc) is 2.65. The lowest BCUT2D eigenvalue weighted by Gasteiger charge is -2.02. The van der Waals surface area contributed by atoms with Gasteiger partial charge in [0.15, 0.2) is 0 Å². The minimum Gasteiger partial charge on any atom is -0.392 e. The van der Waals surface area contributed by atoms with Crippen molar-refractivity contribution in [1.29, 1.82) is 0 Å². The molecule has 0 aliphatic heterocycles. The Hall–Kier alpha value is -1.61. The van der Waals surface area contributed by atoms with Gasteiger partial charge in [-0.25, -0.2) is 0 Å². The van der Waals surface area contributed by atoms with Crippen molar-refractivity contribution in [2.45, 2.75) is 20.1 Å². The van der Waals surface area contributed by atoms with Crippen LogP contribution in [-0.4, -0.2) is 14.9 Å². The van der Waals surface area contributed by atoms with Gasteiger partial charge in [-0.2, -0.15) is 5.10 Å². The fraction of sp³-hybridized carbons (Fsp3) is 0.250. The molecule has 1 N–H and O–H groups in total. The molecule has 0 aliphatic carbocycles. The molecule has 78 valence electrons. The van der Waals surface area contributed by atoms with E-state index in [0.717, 1.165) is 17.8 Å². The van der Waals surface area contributed by atoms with E-state index in [1.54, 1.807) is 0 Å². The molecule has 3 nitrogen and oxygen atoms in total. The first kappa shape index (κ1) is 9.93. The molecule has 0 aliphatic rings. The highest BCUT2D eigenvalue weighted by molar-refractivity contribution is 5.22. The number of aryl methyl sites for hydroxylation is 1. The summed E-state index contributed by atoms with van der Waals surface area (Å²) in [6, 6.07) is 9.89. The molecule has 1 heterocycles. The number of aromatic nitrogens is 2. The zero-order chi connectivity index (χ0) is 10.7. The SMILES string of the molecule is Cc1ccn(Cc2ccc(CO)cc2)n1. The van der Waals surface area contributed by atoms with Gasteiger partial charge in [0.2, 0.25) is 0 Å². The minimum atomic E-state index is 0.0984. The number of aliphatic hydroxyl groups excluding tert-OH is 1. The van der Waals surface area contributed by atoms with E-state index in [0.29, 0.717) is 0 Å². The Morgan fingerprint density at radius 1 is 1.13 bits per heavy atom. The molecule has 2 rings (SSSR count). The second-order valence-corrected chi connectivity index (χ2v) is 3.63. The average molecular weight is 202 g/mol. The van der Waals surface area contributed by atoms with Crippen molar-refractivity contribution in [2.75, 3.05) is 0 Å². The number of benzene rings is 1. The first-order chi connectivity index (χ1) is 7.28. The highest BCUT2D eigenvalue weighted by Crippen LogP contribution is 2.06. The lowest BCUT2D eigenvalue weighted by Crippen LogP contribution is -2.00. The molecule has 0 fully saturated rings. The third-order valence-electron chi connectivity index (χ3n) is 2.32. The van der Waals surface area contributed by atoms with Crippen LogP contribution in [0.1, 0.15) is 16.8 Å². The van der Waals surface area contributed by atoms with E-state index in [9.17, 15) is 0 Å². The van der Waals surface area contributed by atoms with Crippen molar-refractivity contribution in [2.24, 2.45) is 0 Å². The van der Waals surface area contributed by atoms with E-state index in [1.807, 2.05) is 48.1 Å². The van der Waals surface area contributed by atoms with Gasteiger partial charge in [-0.1, -0.05) is 24.3 Å². The monoisotopic (exact) mass is 202 g/mol. The van der Waals surface area contributed by atoms with Crippen LogP contribution < -0.4 is 0 Å². The Labute approximate surface area is 89.0 Å². The molecule has 15 heavy (non-hydrogen) atoms. The molecule has 2 aromatic rings. The maximum absolute atomic E-state index is 8.90. The second kappa shape index (κ2) is 4.28. The van der Waals surface area contributed by atoms with Gasteiger partial charge in [-0.3, -0.25) is 4.68 Å². The number of hydrogen-bond donors (Lipinski definition) is 1. The predicted octanol–water partition coefficient (Wildman–Crippen LogP) is 1.73. The van der Waals surface area contributed by atoms with Crippen LogP contribution in [0.3, 0.4) is 0 Å². The van der Waals surface area contributed by atoms with Gasteiger partial charge in [0.25, 0.3) is 0 Å². The molecule has 0 spiro atoms. The summed E-state index contributed by atoms with van der Waals surface area (Å²) >= 11 is 0. The van der Waals surface area contributed by atoms with E-state index in [2.05, 4.69) is 5.10 Å². The lowest BCUT2D eigenvalue weighted by atomic mass is 10.1. The molecule has 0 radical (unpaired) electrons. The molecule has 0 bridgehead atoms. The Morgan fingerprint density at radius 2 is 1.80 bits per heavy atom. The molecule has 1 aromatic carbocycles. The first-order valence-electron chi connectivity index (χ1n) is 4.96. The Bertz CT molecular complexity index is 431. The Balaban J connectivity index is 2.11. The number of aliphatic hydroxyl groups is 1. The number of nitrogens with zero attached hydrogens (tertiary/aromatic N) is 2. The van der Waals surface area contributed by atoms with Crippen LogP contribution in [0.4, 0.5) is 0 Å². The highest BCUT2D eigenvalue weighted by atomic mass is 16.3. The quantitative estimate of drug-likeness (QED) is 0.823. The zero-order valence-electron chi connectivity index (χ0n) is 8.72. The van der Waals surface area contributed by atoms with Crippen molar-refractivity contribution in [1.82, 2.24) is 9.78 Å². The smallest absolute Gasteiger partial charge is 0.0681 e. The lowest BCUT2D eigenvalue weighted by molar-refractivity contribution is 0.282. The van der Waals surface area contributed by atoms with Crippen LogP contribution in [0.2, 0.25) is 0 Å². The predicted molar refractivity (Wildman–Crippen MR) is 58.4 cm³/mol. The molecule has 0 saturated carbocycles. The topological polar surface area (TPSA) is 38.0 Å². The standard InChI is InChI=1S/C12H14N2O/c1-10-6-7-14(13-10)8-11-2-4-12(9-15)5-3-11/h2-7,15H,8-9H2,1H3. The third-order valence-corrected chi connectivity index (χ3v) is 2.32. The van der Waals surface area contributed by atoms with Crippen LogP contribution >= 0.6 is 0 Å². The maximum atomic E-state index is 8.90.